The van der Waals surface area contributed by atoms with Crippen LogP contribution in [-0.2, 0) is 38.3 Å². The summed E-state index contributed by atoms with van der Waals surface area (Å²) in [5.41, 5.74) is 0. The van der Waals surface area contributed by atoms with Crippen LogP contribution in [0.1, 0.15) is 26.7 Å². The molecule has 0 radical (unpaired) electrons. The summed E-state index contributed by atoms with van der Waals surface area (Å²) in [4.78, 5) is 76.7. The third-order valence-electron chi connectivity index (χ3n) is 1.77. The molecule has 0 aromatic heterocycles. The predicted octanol–water partition coefficient (Wildman–Crippen LogP) is -1.28. The van der Waals surface area contributed by atoms with E-state index in [-0.39, 0.29) is 12.8 Å². The van der Waals surface area contributed by atoms with Gasteiger partial charge in [0.2, 0.25) is 5.78 Å². The largest absolute Gasteiger partial charge is 0.391 e. The SMILES string of the molecule is CCCC(=O)C(=O)C(=O)C(=O)C(=O)C(=O)OC(C)=O. The van der Waals surface area contributed by atoms with Crippen molar-refractivity contribution >= 4 is 40.9 Å². The second-order valence-electron chi connectivity index (χ2n) is 3.37. The van der Waals surface area contributed by atoms with E-state index in [0.29, 0.717) is 0 Å². The summed E-state index contributed by atoms with van der Waals surface area (Å²) >= 11 is 0. The third kappa shape index (κ3) is 4.70. The number of ketones is 5. The molecule has 0 amide bonds. The lowest BCUT2D eigenvalue weighted by Gasteiger charge is -1.98. The lowest BCUT2D eigenvalue weighted by Crippen LogP contribution is -2.38. The van der Waals surface area contributed by atoms with Gasteiger partial charge in [-0.05, 0) is 6.42 Å². The van der Waals surface area contributed by atoms with Crippen molar-refractivity contribution < 1.29 is 38.3 Å². The van der Waals surface area contributed by atoms with Gasteiger partial charge in [-0.2, -0.15) is 0 Å². The van der Waals surface area contributed by atoms with Gasteiger partial charge in [0.1, 0.15) is 0 Å². The molecule has 0 N–H and O–H groups in total. The fraction of sp³-hybridized carbons (Fsp3) is 0.364. The summed E-state index contributed by atoms with van der Waals surface area (Å²) < 4.78 is 3.77. The van der Waals surface area contributed by atoms with Gasteiger partial charge in [0.25, 0.3) is 17.3 Å². The lowest BCUT2D eigenvalue weighted by molar-refractivity contribution is -0.165. The maximum absolute atomic E-state index is 11.2. The van der Waals surface area contributed by atoms with E-state index < -0.39 is 40.9 Å². The number of carbonyl (C=O) groups is 7. The van der Waals surface area contributed by atoms with Crippen molar-refractivity contribution in [2.24, 2.45) is 0 Å². The molecular weight excluding hydrogens is 260 g/mol. The third-order valence-corrected chi connectivity index (χ3v) is 1.77. The summed E-state index contributed by atoms with van der Waals surface area (Å²) in [5.74, 6) is -11.7. The molecule has 0 fully saturated rings. The molecule has 0 aliphatic carbocycles. The molecule has 0 saturated heterocycles. The average Bonchev–Trinajstić information content (AvgIpc) is 2.34. The standard InChI is InChI=1S/C11H10O8/c1-3-4-6(13)7(14)8(15)9(16)10(17)11(18)19-5(2)12/h3-4H2,1-2H3. The molecular formula is C11H10O8. The lowest BCUT2D eigenvalue weighted by atomic mass is 10.0. The van der Waals surface area contributed by atoms with Gasteiger partial charge in [-0.15, -0.1) is 0 Å². The zero-order valence-electron chi connectivity index (χ0n) is 10.2. The predicted molar refractivity (Wildman–Crippen MR) is 56.7 cm³/mol. The fourth-order valence-electron chi connectivity index (χ4n) is 0.943. The summed E-state index contributed by atoms with van der Waals surface area (Å²) in [5, 5.41) is 0. The highest BCUT2D eigenvalue weighted by Gasteiger charge is 2.37. The number of esters is 2. The van der Waals surface area contributed by atoms with Gasteiger partial charge in [0.15, 0.2) is 0 Å². The Hall–Kier alpha value is -2.51. The first-order chi connectivity index (χ1) is 8.72. The second-order valence-corrected chi connectivity index (χ2v) is 3.37. The maximum atomic E-state index is 11.2. The van der Waals surface area contributed by atoms with Crippen LogP contribution in [0.15, 0.2) is 0 Å². The fourth-order valence-corrected chi connectivity index (χ4v) is 0.943. The highest BCUT2D eigenvalue weighted by atomic mass is 16.6. The van der Waals surface area contributed by atoms with E-state index in [0.717, 1.165) is 6.92 Å². The molecule has 8 nitrogen and oxygen atoms in total. The highest BCUT2D eigenvalue weighted by Crippen LogP contribution is 1.95. The minimum Gasteiger partial charge on any atom is -0.387 e. The van der Waals surface area contributed by atoms with Crippen LogP contribution < -0.4 is 0 Å². The number of carbonyl (C=O) groups excluding carboxylic acids is 7. The summed E-state index contributed by atoms with van der Waals surface area (Å²) in [6.07, 6.45) is 0.0102. The van der Waals surface area contributed by atoms with Crippen molar-refractivity contribution in [2.75, 3.05) is 0 Å². The monoisotopic (exact) mass is 270 g/mol. The molecule has 102 valence electrons. The molecule has 0 atom stereocenters. The van der Waals surface area contributed by atoms with Crippen molar-refractivity contribution in [3.63, 3.8) is 0 Å². The molecule has 0 rings (SSSR count). The minimum atomic E-state index is -2.00. The summed E-state index contributed by atoms with van der Waals surface area (Å²) in [6, 6.07) is 0. The normalized spacial score (nSPS) is 9.37. The number of Topliss-reactive ketones (excluding diaryl/α,β-unsaturated/α-hetero) is 5. The topological polar surface area (TPSA) is 129 Å². The Morgan fingerprint density at radius 2 is 1.26 bits per heavy atom. The van der Waals surface area contributed by atoms with E-state index in [4.69, 9.17) is 0 Å². The van der Waals surface area contributed by atoms with Crippen LogP contribution in [0.2, 0.25) is 0 Å². The van der Waals surface area contributed by atoms with E-state index in [9.17, 15) is 33.6 Å². The quantitative estimate of drug-likeness (QED) is 0.318. The number of rotatable bonds is 7. The Kier molecular flexibility index (Phi) is 6.11. The summed E-state index contributed by atoms with van der Waals surface area (Å²) in [6.45, 7) is 2.36. The van der Waals surface area contributed by atoms with Crippen LogP contribution in [-0.4, -0.2) is 40.9 Å². The smallest absolute Gasteiger partial charge is 0.387 e. The van der Waals surface area contributed by atoms with Gasteiger partial charge in [-0.1, -0.05) is 6.92 Å². The Morgan fingerprint density at radius 1 is 0.789 bits per heavy atom. The van der Waals surface area contributed by atoms with Crippen molar-refractivity contribution in [2.45, 2.75) is 26.7 Å². The van der Waals surface area contributed by atoms with Gasteiger partial charge in [-0.3, -0.25) is 28.8 Å². The van der Waals surface area contributed by atoms with Gasteiger partial charge in [-0.25, -0.2) is 4.79 Å². The molecule has 0 aromatic rings. The average molecular weight is 270 g/mol. The van der Waals surface area contributed by atoms with Crippen molar-refractivity contribution in [3.8, 4) is 0 Å². The van der Waals surface area contributed by atoms with Gasteiger partial charge in [0, 0.05) is 13.3 Å². The molecule has 19 heavy (non-hydrogen) atoms. The Balaban J connectivity index is 4.83. The number of ether oxygens (including phenoxy) is 1. The first-order valence-corrected chi connectivity index (χ1v) is 5.15. The molecule has 8 heteroatoms. The molecule has 0 spiro atoms. The molecule has 0 aromatic carbocycles. The maximum Gasteiger partial charge on any atom is 0.391 e. The van der Waals surface area contributed by atoms with Gasteiger partial charge < -0.3 is 4.74 Å². The van der Waals surface area contributed by atoms with Crippen LogP contribution in [0.25, 0.3) is 0 Å². The Labute approximate surface area is 107 Å². The number of hydrogen-bond donors (Lipinski definition) is 0. The summed E-state index contributed by atoms with van der Waals surface area (Å²) in [7, 11) is 0. The van der Waals surface area contributed by atoms with E-state index in [1.165, 1.54) is 0 Å². The van der Waals surface area contributed by atoms with Crippen LogP contribution in [0.5, 0.6) is 0 Å². The van der Waals surface area contributed by atoms with Gasteiger partial charge in [0.05, 0.1) is 0 Å². The molecule has 0 heterocycles. The molecule has 0 saturated carbocycles. The van der Waals surface area contributed by atoms with E-state index in [1.54, 1.807) is 6.92 Å². The van der Waals surface area contributed by atoms with Gasteiger partial charge >= 0.3 is 17.7 Å². The molecule has 0 unspecified atom stereocenters. The van der Waals surface area contributed by atoms with Crippen LogP contribution in [0.3, 0.4) is 0 Å². The van der Waals surface area contributed by atoms with Crippen LogP contribution >= 0.6 is 0 Å². The Morgan fingerprint density at radius 3 is 1.68 bits per heavy atom. The molecule has 0 aliphatic heterocycles. The van der Waals surface area contributed by atoms with E-state index >= 15 is 0 Å². The first-order valence-electron chi connectivity index (χ1n) is 5.15. The number of hydrogen-bond acceptors (Lipinski definition) is 8. The second kappa shape index (κ2) is 7.04. The van der Waals surface area contributed by atoms with E-state index in [2.05, 4.69) is 4.74 Å². The minimum absolute atomic E-state index is 0.260. The molecule has 0 aliphatic rings. The zero-order chi connectivity index (χ0) is 15.2. The van der Waals surface area contributed by atoms with Crippen molar-refractivity contribution in [1.82, 2.24) is 0 Å². The van der Waals surface area contributed by atoms with Crippen molar-refractivity contribution in [1.29, 1.82) is 0 Å². The first kappa shape index (κ1) is 16.5. The highest BCUT2D eigenvalue weighted by molar-refractivity contribution is 6.91. The van der Waals surface area contributed by atoms with Crippen LogP contribution in [0, 0.1) is 0 Å². The Bertz CT molecular complexity index is 485. The molecule has 0 bridgehead atoms. The van der Waals surface area contributed by atoms with Crippen LogP contribution in [0.4, 0.5) is 0 Å². The van der Waals surface area contributed by atoms with E-state index in [1.807, 2.05) is 0 Å². The van der Waals surface area contributed by atoms with Crippen molar-refractivity contribution in [3.05, 3.63) is 0 Å². The zero-order valence-corrected chi connectivity index (χ0v) is 10.2.